The number of carbonyl (C=O) groups is 1. The summed E-state index contributed by atoms with van der Waals surface area (Å²) in [6.07, 6.45) is 4.97. The van der Waals surface area contributed by atoms with Crippen LogP contribution in [0, 0.1) is 16.0 Å². The average Bonchev–Trinajstić information content (AvgIpc) is 3.01. The van der Waals surface area contributed by atoms with Gasteiger partial charge in [-0.2, -0.15) is 0 Å². The lowest BCUT2D eigenvalue weighted by Gasteiger charge is -2.18. The molecule has 0 amide bonds. The number of amidine groups is 1. The highest BCUT2D eigenvalue weighted by atomic mass is 16.6. The van der Waals surface area contributed by atoms with Crippen LogP contribution in [0.2, 0.25) is 0 Å². The Balaban J connectivity index is 2.12. The smallest absolute Gasteiger partial charge is 0.351 e. The van der Waals surface area contributed by atoms with Crippen LogP contribution in [-0.4, -0.2) is 29.3 Å². The first-order valence-electron chi connectivity index (χ1n) is 4.72. The zero-order valence-electron chi connectivity index (χ0n) is 7.91. The molecule has 0 spiro atoms. The van der Waals surface area contributed by atoms with Crippen molar-refractivity contribution in [1.29, 1.82) is 0 Å². The van der Waals surface area contributed by atoms with Gasteiger partial charge in [0.2, 0.25) is 0 Å². The van der Waals surface area contributed by atoms with Crippen molar-refractivity contribution in [3.63, 3.8) is 0 Å². The number of aldehydes is 1. The molecule has 0 aromatic heterocycles. The summed E-state index contributed by atoms with van der Waals surface area (Å²) in [5.74, 6) is -1.22. The summed E-state index contributed by atoms with van der Waals surface area (Å²) in [5.41, 5.74) is 0. The fourth-order valence-electron chi connectivity index (χ4n) is 1.42. The van der Waals surface area contributed by atoms with E-state index in [4.69, 9.17) is 4.74 Å². The van der Waals surface area contributed by atoms with E-state index in [1.807, 2.05) is 0 Å². The molecule has 6 heteroatoms. The zero-order valence-corrected chi connectivity index (χ0v) is 7.91. The molecule has 0 N–H and O–H groups in total. The van der Waals surface area contributed by atoms with Gasteiger partial charge in [-0.15, -0.1) is 0 Å². The Morgan fingerprint density at radius 1 is 1.60 bits per heavy atom. The first-order valence-corrected chi connectivity index (χ1v) is 4.72. The Kier molecular flexibility index (Phi) is 2.59. The van der Waals surface area contributed by atoms with E-state index in [9.17, 15) is 14.9 Å². The molecule has 0 bridgehead atoms. The van der Waals surface area contributed by atoms with Gasteiger partial charge in [0, 0.05) is 0 Å². The molecule has 1 aliphatic heterocycles. The van der Waals surface area contributed by atoms with Gasteiger partial charge in [0.25, 0.3) is 0 Å². The van der Waals surface area contributed by atoms with Gasteiger partial charge in [-0.25, -0.2) is 0 Å². The molecule has 0 aromatic rings. The van der Waals surface area contributed by atoms with E-state index >= 15 is 0 Å². The fraction of sp³-hybridized carbons (Fsp3) is 0.556. The summed E-state index contributed by atoms with van der Waals surface area (Å²) in [5, 5.41) is 10.6. The van der Waals surface area contributed by atoms with Crippen LogP contribution in [0.4, 0.5) is 0 Å². The summed E-state index contributed by atoms with van der Waals surface area (Å²) >= 11 is 0. The molecular formula is C9H10N2O4. The molecule has 15 heavy (non-hydrogen) atoms. The number of nitro groups is 1. The molecule has 6 nitrogen and oxygen atoms in total. The molecule has 0 saturated heterocycles. The molecule has 2 aliphatic rings. The van der Waals surface area contributed by atoms with Crippen molar-refractivity contribution >= 4 is 12.1 Å². The summed E-state index contributed by atoms with van der Waals surface area (Å²) < 4.78 is 5.48. The molecule has 0 aromatic carbocycles. The van der Waals surface area contributed by atoms with Crippen molar-refractivity contribution in [2.24, 2.45) is 10.9 Å². The van der Waals surface area contributed by atoms with Crippen molar-refractivity contribution in [1.82, 2.24) is 0 Å². The number of ether oxygens (including phenoxy) is 1. The van der Waals surface area contributed by atoms with Crippen LogP contribution >= 0.6 is 0 Å². The van der Waals surface area contributed by atoms with Crippen LogP contribution in [0.5, 0.6) is 0 Å². The van der Waals surface area contributed by atoms with E-state index in [0.29, 0.717) is 6.29 Å². The van der Waals surface area contributed by atoms with Crippen LogP contribution in [0.1, 0.15) is 12.8 Å². The lowest BCUT2D eigenvalue weighted by Crippen LogP contribution is -2.37. The maximum atomic E-state index is 10.8. The second-order valence-electron chi connectivity index (χ2n) is 3.55. The van der Waals surface area contributed by atoms with Crippen molar-refractivity contribution < 1.29 is 14.5 Å². The van der Waals surface area contributed by atoms with E-state index in [-0.39, 0.29) is 11.9 Å². The van der Waals surface area contributed by atoms with Gasteiger partial charge in [0.05, 0.1) is 6.10 Å². The first kappa shape index (κ1) is 9.97. The molecule has 2 unspecified atom stereocenters. The van der Waals surface area contributed by atoms with E-state index in [2.05, 4.69) is 4.99 Å². The highest BCUT2D eigenvalue weighted by Crippen LogP contribution is 2.28. The van der Waals surface area contributed by atoms with E-state index in [1.54, 1.807) is 6.08 Å². The second-order valence-corrected chi connectivity index (χ2v) is 3.55. The minimum atomic E-state index is -0.884. The second kappa shape index (κ2) is 3.90. The minimum absolute atomic E-state index is 0.146. The molecule has 1 aliphatic carbocycles. The Labute approximate surface area is 85.8 Å². The third kappa shape index (κ3) is 2.10. The lowest BCUT2D eigenvalue weighted by molar-refractivity contribution is -0.357. The molecule has 0 radical (unpaired) electrons. The van der Waals surface area contributed by atoms with Gasteiger partial charge in [-0.05, 0) is 28.8 Å². The molecule has 2 atom stereocenters. The molecule has 2 rings (SSSR count). The lowest BCUT2D eigenvalue weighted by atomic mass is 10.0. The van der Waals surface area contributed by atoms with Gasteiger partial charge < -0.3 is 19.6 Å². The van der Waals surface area contributed by atoms with Gasteiger partial charge >= 0.3 is 5.84 Å². The quantitative estimate of drug-likeness (QED) is 0.387. The van der Waals surface area contributed by atoms with Crippen molar-refractivity contribution in [3.05, 3.63) is 22.4 Å². The minimum Gasteiger partial charge on any atom is -0.369 e. The third-order valence-electron chi connectivity index (χ3n) is 2.34. The molecule has 1 heterocycles. The van der Waals surface area contributed by atoms with Crippen molar-refractivity contribution in [2.45, 2.75) is 25.0 Å². The van der Waals surface area contributed by atoms with Crippen LogP contribution in [0.25, 0.3) is 0 Å². The third-order valence-corrected chi connectivity index (χ3v) is 2.34. The topological polar surface area (TPSA) is 81.8 Å². The van der Waals surface area contributed by atoms with Gasteiger partial charge in [0.1, 0.15) is 18.6 Å². The Hall–Kier alpha value is -1.56. The molecule has 1 fully saturated rings. The largest absolute Gasteiger partial charge is 0.369 e. The Bertz CT molecular complexity index is 346. The SMILES string of the molecule is O=CC1C([N+](=O)[O-])=NC=CC1OC1CC1. The van der Waals surface area contributed by atoms with Crippen molar-refractivity contribution in [3.8, 4) is 0 Å². The summed E-state index contributed by atoms with van der Waals surface area (Å²) in [7, 11) is 0. The molecule has 1 saturated carbocycles. The molecule has 80 valence electrons. The monoisotopic (exact) mass is 210 g/mol. The van der Waals surface area contributed by atoms with E-state index in [1.165, 1.54) is 6.20 Å². The van der Waals surface area contributed by atoms with Gasteiger partial charge in [0.15, 0.2) is 5.92 Å². The average molecular weight is 210 g/mol. The summed E-state index contributed by atoms with van der Waals surface area (Å²) in [6, 6.07) is 0. The Morgan fingerprint density at radius 2 is 2.33 bits per heavy atom. The molecular weight excluding hydrogens is 200 g/mol. The summed E-state index contributed by atoms with van der Waals surface area (Å²) in [6.45, 7) is 0. The number of nitrogens with zero attached hydrogens (tertiary/aromatic N) is 2. The summed E-state index contributed by atoms with van der Waals surface area (Å²) in [4.78, 5) is 24.3. The first-order chi connectivity index (χ1) is 7.22. The highest BCUT2D eigenvalue weighted by molar-refractivity contribution is 5.92. The fourth-order valence-corrected chi connectivity index (χ4v) is 1.42. The zero-order chi connectivity index (χ0) is 10.8. The number of carbonyl (C=O) groups excluding carboxylic acids is 1. The van der Waals surface area contributed by atoms with Crippen LogP contribution < -0.4 is 0 Å². The van der Waals surface area contributed by atoms with Crippen LogP contribution in [-0.2, 0) is 9.53 Å². The van der Waals surface area contributed by atoms with Crippen molar-refractivity contribution in [2.75, 3.05) is 0 Å². The standard InChI is InChI=1S/C9H10N2O4/c12-5-7-8(15-6-1-2-6)3-4-10-9(7)11(13)14/h3-8H,1-2H2. The highest BCUT2D eigenvalue weighted by Gasteiger charge is 2.38. The Morgan fingerprint density at radius 3 is 2.87 bits per heavy atom. The van der Waals surface area contributed by atoms with E-state index < -0.39 is 16.9 Å². The van der Waals surface area contributed by atoms with Gasteiger partial charge in [-0.3, -0.25) is 0 Å². The van der Waals surface area contributed by atoms with Gasteiger partial charge in [-0.1, -0.05) is 0 Å². The predicted octanol–water partition coefficient (Wildman–Crippen LogP) is 0.552. The number of hydrogen-bond acceptors (Lipinski definition) is 5. The van der Waals surface area contributed by atoms with Crippen LogP contribution in [0.3, 0.4) is 0 Å². The normalized spacial score (nSPS) is 29.7. The number of hydrogen-bond donors (Lipinski definition) is 0. The number of rotatable bonds is 3. The maximum Gasteiger partial charge on any atom is 0.351 e. The predicted molar refractivity (Wildman–Crippen MR) is 51.0 cm³/mol. The number of aliphatic imine (C=N–C) groups is 1. The van der Waals surface area contributed by atoms with Crippen LogP contribution in [0.15, 0.2) is 17.3 Å². The maximum absolute atomic E-state index is 10.8. The van der Waals surface area contributed by atoms with E-state index in [0.717, 1.165) is 12.8 Å².